The predicted molar refractivity (Wildman–Crippen MR) is 54.2 cm³/mol. The summed E-state index contributed by atoms with van der Waals surface area (Å²) in [6.45, 7) is 0. The molecule has 0 aliphatic rings. The number of methoxy groups -OCH3 is 1. The summed E-state index contributed by atoms with van der Waals surface area (Å²) in [7, 11) is 1.70. The van der Waals surface area contributed by atoms with Crippen molar-refractivity contribution < 1.29 is 4.74 Å². The number of rotatable bonds is 2. The van der Waals surface area contributed by atoms with Gasteiger partial charge in [-0.2, -0.15) is 0 Å². The second-order valence-electron chi connectivity index (χ2n) is 2.34. The lowest BCUT2D eigenvalue weighted by Crippen LogP contribution is -1.74. The van der Waals surface area contributed by atoms with Crippen LogP contribution in [0.25, 0.3) is 10.4 Å². The van der Waals surface area contributed by atoms with Gasteiger partial charge in [-0.25, -0.2) is 0 Å². The first-order valence-electron chi connectivity index (χ1n) is 3.56. The Morgan fingerprint density at radius 2 is 2.25 bits per heavy atom. The van der Waals surface area contributed by atoms with E-state index in [4.69, 9.17) is 4.74 Å². The first-order valence-corrected chi connectivity index (χ1v) is 5.32. The van der Waals surface area contributed by atoms with Crippen molar-refractivity contribution in [1.29, 1.82) is 0 Å². The topological polar surface area (TPSA) is 9.23 Å². The van der Waals surface area contributed by atoms with E-state index in [1.54, 1.807) is 29.8 Å². The minimum atomic E-state index is 0.971. The molecule has 0 radical (unpaired) electrons. The summed E-state index contributed by atoms with van der Waals surface area (Å²) in [6.07, 6.45) is 0. The van der Waals surface area contributed by atoms with E-state index in [0.29, 0.717) is 0 Å². The number of hydrogen-bond donors (Lipinski definition) is 0. The van der Waals surface area contributed by atoms with Gasteiger partial charge >= 0.3 is 0 Å². The fourth-order valence-electron chi connectivity index (χ4n) is 0.996. The van der Waals surface area contributed by atoms with E-state index in [1.165, 1.54) is 10.4 Å². The van der Waals surface area contributed by atoms with E-state index in [1.807, 2.05) is 0 Å². The van der Waals surface area contributed by atoms with Gasteiger partial charge < -0.3 is 4.74 Å². The fourth-order valence-corrected chi connectivity index (χ4v) is 2.51. The summed E-state index contributed by atoms with van der Waals surface area (Å²) < 4.78 is 5.12. The van der Waals surface area contributed by atoms with Gasteiger partial charge in [0.15, 0.2) is 5.06 Å². The smallest absolute Gasteiger partial charge is 0.173 e. The van der Waals surface area contributed by atoms with Crippen molar-refractivity contribution in [3.63, 3.8) is 0 Å². The molecule has 0 aromatic carbocycles. The van der Waals surface area contributed by atoms with Crippen LogP contribution in [0.2, 0.25) is 0 Å². The highest BCUT2D eigenvalue weighted by atomic mass is 32.1. The zero-order valence-electron chi connectivity index (χ0n) is 6.61. The quantitative estimate of drug-likeness (QED) is 0.714. The minimum Gasteiger partial charge on any atom is -0.487 e. The summed E-state index contributed by atoms with van der Waals surface area (Å²) in [6, 6.07) is 6.24. The molecule has 2 rings (SSSR count). The summed E-state index contributed by atoms with van der Waals surface area (Å²) in [5.74, 6) is 0. The van der Waals surface area contributed by atoms with E-state index in [-0.39, 0.29) is 0 Å². The van der Waals surface area contributed by atoms with Crippen LogP contribution in [0.15, 0.2) is 29.0 Å². The van der Waals surface area contributed by atoms with Gasteiger partial charge in [-0.15, -0.1) is 22.7 Å². The van der Waals surface area contributed by atoms with Crippen LogP contribution in [0.1, 0.15) is 0 Å². The molecule has 0 N–H and O–H groups in total. The fraction of sp³-hybridized carbons (Fsp3) is 0.111. The average molecular weight is 196 g/mol. The Labute approximate surface area is 79.2 Å². The third-order valence-electron chi connectivity index (χ3n) is 1.58. The molecular weight excluding hydrogens is 188 g/mol. The molecule has 0 bridgehead atoms. The van der Waals surface area contributed by atoms with Crippen LogP contribution < -0.4 is 4.74 Å². The minimum absolute atomic E-state index is 0.971. The van der Waals surface area contributed by atoms with E-state index in [9.17, 15) is 0 Å². The van der Waals surface area contributed by atoms with Crippen LogP contribution in [0, 0.1) is 0 Å². The predicted octanol–water partition coefficient (Wildman–Crippen LogP) is 3.49. The molecule has 2 aromatic rings. The van der Waals surface area contributed by atoms with Crippen molar-refractivity contribution in [3.05, 3.63) is 29.0 Å². The van der Waals surface area contributed by atoms with Gasteiger partial charge in [-0.3, -0.25) is 0 Å². The van der Waals surface area contributed by atoms with Crippen molar-refractivity contribution in [3.8, 4) is 15.5 Å². The molecule has 12 heavy (non-hydrogen) atoms. The van der Waals surface area contributed by atoms with Gasteiger partial charge in [-0.1, -0.05) is 6.07 Å². The third-order valence-corrected chi connectivity index (χ3v) is 3.39. The summed E-state index contributed by atoms with van der Waals surface area (Å²) >= 11 is 3.38. The van der Waals surface area contributed by atoms with E-state index >= 15 is 0 Å². The molecular formula is C9H8OS2. The third kappa shape index (κ3) is 1.38. The molecule has 0 aliphatic heterocycles. The van der Waals surface area contributed by atoms with Gasteiger partial charge in [0, 0.05) is 21.9 Å². The van der Waals surface area contributed by atoms with Crippen LogP contribution in [0.4, 0.5) is 0 Å². The molecule has 0 atom stereocenters. The first kappa shape index (κ1) is 7.83. The van der Waals surface area contributed by atoms with Crippen LogP contribution in [0.5, 0.6) is 5.06 Å². The summed E-state index contributed by atoms with van der Waals surface area (Å²) in [5.41, 5.74) is 1.26. The lowest BCUT2D eigenvalue weighted by molar-refractivity contribution is 0.427. The Balaban J connectivity index is 2.35. The van der Waals surface area contributed by atoms with Gasteiger partial charge in [0.25, 0.3) is 0 Å². The number of hydrogen-bond acceptors (Lipinski definition) is 3. The zero-order chi connectivity index (χ0) is 8.39. The molecule has 0 unspecified atom stereocenters. The molecule has 0 spiro atoms. The van der Waals surface area contributed by atoms with E-state index in [2.05, 4.69) is 29.0 Å². The molecule has 0 saturated carbocycles. The Kier molecular flexibility index (Phi) is 2.15. The van der Waals surface area contributed by atoms with Gasteiger partial charge in [-0.05, 0) is 11.4 Å². The maximum Gasteiger partial charge on any atom is 0.173 e. The Morgan fingerprint density at radius 1 is 1.33 bits per heavy atom. The van der Waals surface area contributed by atoms with Crippen molar-refractivity contribution in [2.75, 3.05) is 7.11 Å². The van der Waals surface area contributed by atoms with E-state index < -0.39 is 0 Å². The first-order chi connectivity index (χ1) is 5.90. The van der Waals surface area contributed by atoms with Crippen LogP contribution in [0.3, 0.4) is 0 Å². The molecule has 62 valence electrons. The van der Waals surface area contributed by atoms with Crippen molar-refractivity contribution in [2.24, 2.45) is 0 Å². The highest BCUT2D eigenvalue weighted by molar-refractivity contribution is 7.15. The molecule has 0 saturated heterocycles. The van der Waals surface area contributed by atoms with Crippen LogP contribution in [-0.4, -0.2) is 7.11 Å². The molecule has 0 fully saturated rings. The van der Waals surface area contributed by atoms with Crippen molar-refractivity contribution in [2.45, 2.75) is 0 Å². The number of ether oxygens (including phenoxy) is 1. The van der Waals surface area contributed by atoms with Crippen LogP contribution in [-0.2, 0) is 0 Å². The van der Waals surface area contributed by atoms with Crippen LogP contribution >= 0.6 is 22.7 Å². The maximum absolute atomic E-state index is 5.12. The lowest BCUT2D eigenvalue weighted by Gasteiger charge is -1.89. The molecule has 2 heterocycles. The molecule has 2 aromatic heterocycles. The SMILES string of the molecule is COc1cc(-c2cccs2)cs1. The summed E-state index contributed by atoms with van der Waals surface area (Å²) in [4.78, 5) is 1.30. The largest absolute Gasteiger partial charge is 0.487 e. The lowest BCUT2D eigenvalue weighted by atomic mass is 10.3. The highest BCUT2D eigenvalue weighted by Gasteiger charge is 2.01. The highest BCUT2D eigenvalue weighted by Crippen LogP contribution is 2.32. The summed E-state index contributed by atoms with van der Waals surface area (Å²) in [5, 5.41) is 5.17. The normalized spacial score (nSPS) is 10.1. The molecule has 1 nitrogen and oxygen atoms in total. The van der Waals surface area contributed by atoms with Gasteiger partial charge in [0.05, 0.1) is 7.11 Å². The molecule has 3 heteroatoms. The maximum atomic E-state index is 5.12. The second-order valence-corrected chi connectivity index (χ2v) is 4.16. The van der Waals surface area contributed by atoms with Crippen molar-refractivity contribution in [1.82, 2.24) is 0 Å². The standard InChI is InChI=1S/C9H8OS2/c1-10-9-5-7(6-12-9)8-3-2-4-11-8/h2-6H,1H3. The van der Waals surface area contributed by atoms with Gasteiger partial charge in [0.2, 0.25) is 0 Å². The second kappa shape index (κ2) is 3.29. The van der Waals surface area contributed by atoms with E-state index in [0.717, 1.165) is 5.06 Å². The molecule has 0 aliphatic carbocycles. The molecule has 0 amide bonds. The Bertz CT molecular complexity index is 348. The Hall–Kier alpha value is -0.800. The monoisotopic (exact) mass is 196 g/mol. The number of thiophene rings is 2. The Morgan fingerprint density at radius 3 is 2.83 bits per heavy atom. The van der Waals surface area contributed by atoms with Gasteiger partial charge in [0.1, 0.15) is 0 Å². The zero-order valence-corrected chi connectivity index (χ0v) is 8.24. The van der Waals surface area contributed by atoms with Crippen molar-refractivity contribution >= 4 is 22.7 Å². The average Bonchev–Trinajstić information content (AvgIpc) is 2.75.